The zero-order chi connectivity index (χ0) is 13.7. The summed E-state index contributed by atoms with van der Waals surface area (Å²) in [6.45, 7) is 4.38. The number of aliphatic hydroxyl groups excluding tert-OH is 1. The first-order valence-electron chi connectivity index (χ1n) is 5.64. The average Bonchev–Trinajstić information content (AvgIpc) is 2.32. The fourth-order valence-corrected chi connectivity index (χ4v) is 1.68. The van der Waals surface area contributed by atoms with Crippen LogP contribution in [0.15, 0.2) is 6.20 Å². The fourth-order valence-electron chi connectivity index (χ4n) is 1.68. The summed E-state index contributed by atoms with van der Waals surface area (Å²) in [6.07, 6.45) is 0.547. The molecule has 1 aromatic heterocycles. The summed E-state index contributed by atoms with van der Waals surface area (Å²) in [6, 6.07) is 0. The lowest BCUT2D eigenvalue weighted by Crippen LogP contribution is -2.37. The molecule has 1 unspecified atom stereocenters. The van der Waals surface area contributed by atoms with Crippen molar-refractivity contribution in [3.8, 4) is 5.75 Å². The van der Waals surface area contributed by atoms with E-state index >= 15 is 0 Å². The number of carbonyl (C=O) groups is 1. The van der Waals surface area contributed by atoms with E-state index in [-0.39, 0.29) is 6.54 Å². The van der Waals surface area contributed by atoms with Crippen molar-refractivity contribution in [2.24, 2.45) is 5.73 Å². The standard InChI is InChI=1S/C12H19N3O3/c1-7-4-15-9(8(2)11(7)18-3)5-14-6-10(16)12(13)17/h4,10,14,16H,5-6H2,1-3H3,(H2,13,17). The van der Waals surface area contributed by atoms with Crippen molar-refractivity contribution in [2.45, 2.75) is 26.5 Å². The molecule has 0 saturated carbocycles. The zero-order valence-electron chi connectivity index (χ0n) is 10.9. The molecule has 1 atom stereocenters. The summed E-state index contributed by atoms with van der Waals surface area (Å²) in [4.78, 5) is 14.9. The quantitative estimate of drug-likeness (QED) is 0.643. The van der Waals surface area contributed by atoms with Gasteiger partial charge in [-0.15, -0.1) is 0 Å². The summed E-state index contributed by atoms with van der Waals surface area (Å²) in [5.41, 5.74) is 7.67. The molecule has 4 N–H and O–H groups in total. The highest BCUT2D eigenvalue weighted by Gasteiger charge is 2.12. The lowest BCUT2D eigenvalue weighted by molar-refractivity contribution is -0.125. The number of aryl methyl sites for hydroxylation is 1. The van der Waals surface area contributed by atoms with Crippen LogP contribution in [0.1, 0.15) is 16.8 Å². The van der Waals surface area contributed by atoms with Crippen LogP contribution in [-0.2, 0) is 11.3 Å². The molecule has 0 bridgehead atoms. The number of primary amides is 1. The normalized spacial score (nSPS) is 12.2. The minimum absolute atomic E-state index is 0.104. The van der Waals surface area contributed by atoms with Gasteiger partial charge < -0.3 is 20.9 Å². The van der Waals surface area contributed by atoms with Crippen LogP contribution < -0.4 is 15.8 Å². The molecule has 0 radical (unpaired) electrons. The van der Waals surface area contributed by atoms with Gasteiger partial charge in [0.2, 0.25) is 5.91 Å². The summed E-state index contributed by atoms with van der Waals surface area (Å²) in [5, 5.41) is 12.2. The Morgan fingerprint density at radius 2 is 2.28 bits per heavy atom. The minimum atomic E-state index is -1.18. The van der Waals surface area contributed by atoms with E-state index in [2.05, 4.69) is 10.3 Å². The summed E-state index contributed by atoms with van der Waals surface area (Å²) in [7, 11) is 1.61. The van der Waals surface area contributed by atoms with Crippen LogP contribution in [0.25, 0.3) is 0 Å². The maximum absolute atomic E-state index is 10.7. The van der Waals surface area contributed by atoms with Crippen LogP contribution in [0.5, 0.6) is 5.75 Å². The number of carbonyl (C=O) groups excluding carboxylic acids is 1. The molecule has 1 aromatic rings. The molecule has 0 aliphatic carbocycles. The summed E-state index contributed by atoms with van der Waals surface area (Å²) >= 11 is 0. The number of ether oxygens (including phenoxy) is 1. The molecule has 100 valence electrons. The lowest BCUT2D eigenvalue weighted by Gasteiger charge is -2.13. The summed E-state index contributed by atoms with van der Waals surface area (Å²) in [5.74, 6) is 0.0610. The van der Waals surface area contributed by atoms with Crippen LogP contribution >= 0.6 is 0 Å². The van der Waals surface area contributed by atoms with Gasteiger partial charge in [-0.2, -0.15) is 0 Å². The van der Waals surface area contributed by atoms with Crippen LogP contribution in [-0.4, -0.2) is 35.8 Å². The van der Waals surface area contributed by atoms with E-state index in [1.807, 2.05) is 13.8 Å². The van der Waals surface area contributed by atoms with Gasteiger partial charge in [0, 0.05) is 30.4 Å². The van der Waals surface area contributed by atoms with Crippen LogP contribution in [0.3, 0.4) is 0 Å². The fraction of sp³-hybridized carbons (Fsp3) is 0.500. The highest BCUT2D eigenvalue weighted by atomic mass is 16.5. The molecule has 0 aliphatic rings. The molecular weight excluding hydrogens is 234 g/mol. The van der Waals surface area contributed by atoms with Crippen molar-refractivity contribution >= 4 is 5.91 Å². The molecular formula is C12H19N3O3. The smallest absolute Gasteiger partial charge is 0.247 e. The van der Waals surface area contributed by atoms with Gasteiger partial charge in [-0.25, -0.2) is 0 Å². The van der Waals surface area contributed by atoms with E-state index in [9.17, 15) is 9.90 Å². The Morgan fingerprint density at radius 3 is 2.83 bits per heavy atom. The van der Waals surface area contributed by atoms with E-state index in [4.69, 9.17) is 10.5 Å². The van der Waals surface area contributed by atoms with E-state index in [1.54, 1.807) is 13.3 Å². The first-order chi connectivity index (χ1) is 8.47. The lowest BCUT2D eigenvalue weighted by atomic mass is 10.1. The Balaban J connectivity index is 2.66. The van der Waals surface area contributed by atoms with Gasteiger partial charge >= 0.3 is 0 Å². The molecule has 6 nitrogen and oxygen atoms in total. The number of nitrogens with one attached hydrogen (secondary N) is 1. The highest BCUT2D eigenvalue weighted by Crippen LogP contribution is 2.23. The van der Waals surface area contributed by atoms with E-state index in [0.717, 1.165) is 22.6 Å². The Kier molecular flexibility index (Phi) is 5.06. The van der Waals surface area contributed by atoms with Crippen molar-refractivity contribution in [3.05, 3.63) is 23.0 Å². The van der Waals surface area contributed by atoms with Gasteiger partial charge in [-0.05, 0) is 13.8 Å². The molecule has 0 saturated heterocycles. The second-order valence-corrected chi connectivity index (χ2v) is 4.10. The number of pyridine rings is 1. The Morgan fingerprint density at radius 1 is 1.61 bits per heavy atom. The average molecular weight is 253 g/mol. The van der Waals surface area contributed by atoms with Gasteiger partial charge in [0.1, 0.15) is 11.9 Å². The SMILES string of the molecule is COc1c(C)cnc(CNCC(O)C(N)=O)c1C. The molecule has 1 amide bonds. The van der Waals surface area contributed by atoms with Gasteiger partial charge in [-0.3, -0.25) is 9.78 Å². The van der Waals surface area contributed by atoms with E-state index < -0.39 is 12.0 Å². The van der Waals surface area contributed by atoms with Gasteiger partial charge in [0.25, 0.3) is 0 Å². The Labute approximate surface area is 106 Å². The van der Waals surface area contributed by atoms with Crippen molar-refractivity contribution in [2.75, 3.05) is 13.7 Å². The first-order valence-corrected chi connectivity index (χ1v) is 5.64. The first kappa shape index (κ1) is 14.4. The second-order valence-electron chi connectivity index (χ2n) is 4.10. The third-order valence-electron chi connectivity index (χ3n) is 2.71. The molecule has 18 heavy (non-hydrogen) atoms. The van der Waals surface area contributed by atoms with Crippen molar-refractivity contribution in [1.82, 2.24) is 10.3 Å². The van der Waals surface area contributed by atoms with E-state index in [0.29, 0.717) is 6.54 Å². The van der Waals surface area contributed by atoms with Gasteiger partial charge in [0.15, 0.2) is 0 Å². The van der Waals surface area contributed by atoms with Crippen LogP contribution in [0.2, 0.25) is 0 Å². The number of rotatable bonds is 6. The number of aliphatic hydroxyl groups is 1. The number of methoxy groups -OCH3 is 1. The maximum Gasteiger partial charge on any atom is 0.247 e. The predicted molar refractivity (Wildman–Crippen MR) is 67.2 cm³/mol. The molecule has 0 aliphatic heterocycles. The zero-order valence-corrected chi connectivity index (χ0v) is 10.9. The molecule has 0 aromatic carbocycles. The van der Waals surface area contributed by atoms with Crippen molar-refractivity contribution < 1.29 is 14.6 Å². The number of nitrogens with zero attached hydrogens (tertiary/aromatic N) is 1. The Hall–Kier alpha value is -1.66. The minimum Gasteiger partial charge on any atom is -0.496 e. The third-order valence-corrected chi connectivity index (χ3v) is 2.71. The van der Waals surface area contributed by atoms with Crippen LogP contribution in [0.4, 0.5) is 0 Å². The highest BCUT2D eigenvalue weighted by molar-refractivity contribution is 5.78. The summed E-state index contributed by atoms with van der Waals surface area (Å²) < 4.78 is 5.29. The maximum atomic E-state index is 10.7. The monoisotopic (exact) mass is 253 g/mol. The van der Waals surface area contributed by atoms with Crippen molar-refractivity contribution in [3.63, 3.8) is 0 Å². The number of aromatic nitrogens is 1. The molecule has 0 spiro atoms. The van der Waals surface area contributed by atoms with E-state index in [1.165, 1.54) is 0 Å². The second kappa shape index (κ2) is 6.32. The number of hydrogen-bond donors (Lipinski definition) is 3. The molecule has 1 rings (SSSR count). The topological polar surface area (TPSA) is 97.5 Å². The largest absolute Gasteiger partial charge is 0.496 e. The Bertz CT molecular complexity index is 435. The number of amides is 1. The molecule has 6 heteroatoms. The van der Waals surface area contributed by atoms with Gasteiger partial charge in [0.05, 0.1) is 12.8 Å². The molecule has 0 fully saturated rings. The molecule has 1 heterocycles. The van der Waals surface area contributed by atoms with Gasteiger partial charge in [-0.1, -0.05) is 0 Å². The predicted octanol–water partition coefficient (Wildman–Crippen LogP) is -0.357. The number of nitrogens with two attached hydrogens (primary N) is 1. The van der Waals surface area contributed by atoms with Crippen LogP contribution in [0, 0.1) is 13.8 Å². The third kappa shape index (κ3) is 3.41. The van der Waals surface area contributed by atoms with Crippen molar-refractivity contribution in [1.29, 1.82) is 0 Å². The number of hydrogen-bond acceptors (Lipinski definition) is 5.